The normalized spacial score (nSPS) is 28.4. The lowest BCUT2D eigenvalue weighted by atomic mass is 9.95. The highest BCUT2D eigenvalue weighted by molar-refractivity contribution is 8.03. The summed E-state index contributed by atoms with van der Waals surface area (Å²) in [5.41, 5.74) is 0. The van der Waals surface area contributed by atoms with Gasteiger partial charge in [-0.1, -0.05) is 33.1 Å². The van der Waals surface area contributed by atoms with Gasteiger partial charge in [-0.25, -0.2) is 0 Å². The van der Waals surface area contributed by atoms with Gasteiger partial charge in [0.05, 0.1) is 4.75 Å². The number of hydrogen-bond donors (Lipinski definition) is 0. The maximum atomic E-state index is 4.86. The Morgan fingerprint density at radius 2 is 1.79 bits per heavy atom. The molecular formula is C12H21NS. The summed E-state index contributed by atoms with van der Waals surface area (Å²) in [7, 11) is 0. The van der Waals surface area contributed by atoms with Gasteiger partial charge in [-0.3, -0.25) is 4.99 Å². The minimum atomic E-state index is 0.296. The van der Waals surface area contributed by atoms with E-state index in [2.05, 4.69) is 31.8 Å². The molecule has 1 heterocycles. The van der Waals surface area contributed by atoms with Gasteiger partial charge in [0.15, 0.2) is 0 Å². The first-order valence-electron chi connectivity index (χ1n) is 6.01. The molecule has 0 unspecified atom stereocenters. The molecule has 1 nitrogen and oxygen atoms in total. The van der Waals surface area contributed by atoms with Crippen molar-refractivity contribution < 1.29 is 0 Å². The largest absolute Gasteiger partial charge is 0.279 e. The lowest BCUT2D eigenvalue weighted by molar-refractivity contribution is 0.413. The Bertz CT molecular complexity index is 224. The molecule has 1 fully saturated rings. The number of aliphatic imine (C=N–C) groups is 1. The van der Waals surface area contributed by atoms with Crippen LogP contribution in [0, 0.1) is 0 Å². The highest BCUT2D eigenvalue weighted by atomic mass is 32.2. The molecule has 0 aromatic rings. The van der Waals surface area contributed by atoms with Crippen molar-refractivity contribution in [2.45, 2.75) is 68.4 Å². The Labute approximate surface area is 91.8 Å². The van der Waals surface area contributed by atoms with Crippen molar-refractivity contribution in [2.75, 3.05) is 0 Å². The van der Waals surface area contributed by atoms with Crippen LogP contribution < -0.4 is 0 Å². The molecule has 2 heteroatoms. The van der Waals surface area contributed by atoms with Crippen LogP contribution in [-0.2, 0) is 0 Å². The highest BCUT2D eigenvalue weighted by Gasteiger charge is 2.44. The molecule has 0 bridgehead atoms. The highest BCUT2D eigenvalue weighted by Crippen LogP contribution is 2.52. The van der Waals surface area contributed by atoms with Crippen LogP contribution >= 0.6 is 11.8 Å². The van der Waals surface area contributed by atoms with Crippen LogP contribution in [0.3, 0.4) is 0 Å². The molecule has 0 atom stereocenters. The number of hydrogen-bond acceptors (Lipinski definition) is 2. The fourth-order valence-electron chi connectivity index (χ4n) is 2.58. The summed E-state index contributed by atoms with van der Waals surface area (Å²) in [6, 6.07) is 0. The monoisotopic (exact) mass is 211 g/mol. The first kappa shape index (κ1) is 10.5. The number of rotatable bonds is 2. The Morgan fingerprint density at radius 3 is 2.29 bits per heavy atom. The van der Waals surface area contributed by atoms with Crippen LogP contribution in [0.15, 0.2) is 4.99 Å². The molecule has 1 aliphatic heterocycles. The van der Waals surface area contributed by atoms with Crippen LogP contribution in [0.5, 0.6) is 0 Å². The average Bonchev–Trinajstić information content (AvgIpc) is 2.60. The second kappa shape index (κ2) is 3.88. The van der Waals surface area contributed by atoms with E-state index < -0.39 is 0 Å². The summed E-state index contributed by atoms with van der Waals surface area (Å²) in [6.07, 6.45) is 11.6. The molecule has 14 heavy (non-hydrogen) atoms. The fourth-order valence-corrected chi connectivity index (χ4v) is 4.33. The van der Waals surface area contributed by atoms with Crippen LogP contribution in [0.4, 0.5) is 0 Å². The zero-order valence-electron chi connectivity index (χ0n) is 9.38. The van der Waals surface area contributed by atoms with Gasteiger partial charge in [0.25, 0.3) is 0 Å². The minimum absolute atomic E-state index is 0.296. The standard InChI is InChI=1S/C12H21NS/c1-3-11(4-2)10-13-12(14-11)8-6-5-7-9-12/h10H,3-9H2,1-2H3. The van der Waals surface area contributed by atoms with E-state index in [1.54, 1.807) is 0 Å². The second-order valence-electron chi connectivity index (χ2n) is 4.64. The van der Waals surface area contributed by atoms with Crippen molar-refractivity contribution in [1.29, 1.82) is 0 Å². The molecule has 0 saturated heterocycles. The third kappa shape index (κ3) is 1.73. The molecule has 2 rings (SSSR count). The van der Waals surface area contributed by atoms with E-state index in [-0.39, 0.29) is 0 Å². The van der Waals surface area contributed by atoms with E-state index in [9.17, 15) is 0 Å². The topological polar surface area (TPSA) is 12.4 Å². The molecule has 2 aliphatic rings. The van der Waals surface area contributed by atoms with Gasteiger partial charge in [0.1, 0.15) is 4.87 Å². The number of thioether (sulfide) groups is 1. The van der Waals surface area contributed by atoms with Crippen molar-refractivity contribution in [3.63, 3.8) is 0 Å². The van der Waals surface area contributed by atoms with Crippen molar-refractivity contribution in [1.82, 2.24) is 0 Å². The fraction of sp³-hybridized carbons (Fsp3) is 0.917. The maximum Gasteiger partial charge on any atom is 0.106 e. The summed E-state index contributed by atoms with van der Waals surface area (Å²) < 4.78 is 0.372. The van der Waals surface area contributed by atoms with E-state index in [1.165, 1.54) is 44.9 Å². The minimum Gasteiger partial charge on any atom is -0.279 e. The quantitative estimate of drug-likeness (QED) is 0.672. The Kier molecular flexibility index (Phi) is 2.92. The SMILES string of the molecule is CCC1(CC)C=NC2(CCCCC2)S1. The Hall–Kier alpha value is 0.0200. The van der Waals surface area contributed by atoms with E-state index in [1.807, 2.05) is 0 Å². The third-order valence-electron chi connectivity index (χ3n) is 3.76. The molecule has 0 N–H and O–H groups in total. The Morgan fingerprint density at radius 1 is 1.14 bits per heavy atom. The molecule has 1 saturated carbocycles. The van der Waals surface area contributed by atoms with Crippen LogP contribution in [0.2, 0.25) is 0 Å². The zero-order valence-corrected chi connectivity index (χ0v) is 10.2. The number of nitrogens with zero attached hydrogens (tertiary/aromatic N) is 1. The molecule has 1 spiro atoms. The van der Waals surface area contributed by atoms with Gasteiger partial charge in [-0.15, -0.1) is 11.8 Å². The molecule has 0 aromatic carbocycles. The molecule has 0 aromatic heterocycles. The van der Waals surface area contributed by atoms with Crippen molar-refractivity contribution in [2.24, 2.45) is 4.99 Å². The first-order valence-corrected chi connectivity index (χ1v) is 6.82. The Balaban J connectivity index is 2.09. The second-order valence-corrected chi connectivity index (χ2v) is 6.42. The zero-order chi connectivity index (χ0) is 10.1. The lowest BCUT2D eigenvalue weighted by Crippen LogP contribution is -2.28. The van der Waals surface area contributed by atoms with Gasteiger partial charge in [0.2, 0.25) is 0 Å². The van der Waals surface area contributed by atoms with Crippen molar-refractivity contribution in [3.05, 3.63) is 0 Å². The summed E-state index contributed by atoms with van der Waals surface area (Å²) in [4.78, 5) is 5.16. The maximum absolute atomic E-state index is 4.86. The van der Waals surface area contributed by atoms with Gasteiger partial charge >= 0.3 is 0 Å². The van der Waals surface area contributed by atoms with Crippen LogP contribution in [-0.4, -0.2) is 15.8 Å². The van der Waals surface area contributed by atoms with Crippen molar-refractivity contribution >= 4 is 18.0 Å². The van der Waals surface area contributed by atoms with E-state index >= 15 is 0 Å². The van der Waals surface area contributed by atoms with Gasteiger partial charge in [0, 0.05) is 6.21 Å². The van der Waals surface area contributed by atoms with Crippen LogP contribution in [0.1, 0.15) is 58.8 Å². The summed E-state index contributed by atoms with van der Waals surface area (Å²) in [6.45, 7) is 4.59. The summed E-state index contributed by atoms with van der Waals surface area (Å²) >= 11 is 2.16. The first-order chi connectivity index (χ1) is 6.74. The smallest absolute Gasteiger partial charge is 0.106 e. The van der Waals surface area contributed by atoms with E-state index in [4.69, 9.17) is 4.99 Å². The molecule has 0 radical (unpaired) electrons. The van der Waals surface area contributed by atoms with Crippen molar-refractivity contribution in [3.8, 4) is 0 Å². The molecule has 80 valence electrons. The van der Waals surface area contributed by atoms with Gasteiger partial charge in [-0.05, 0) is 25.7 Å². The summed E-state index contributed by atoms with van der Waals surface area (Å²) in [5, 5.41) is 0. The third-order valence-corrected chi connectivity index (χ3v) is 5.74. The van der Waals surface area contributed by atoms with Gasteiger partial charge in [-0.2, -0.15) is 0 Å². The van der Waals surface area contributed by atoms with Gasteiger partial charge < -0.3 is 0 Å². The predicted octanol–water partition coefficient (Wildman–Crippen LogP) is 4.02. The van der Waals surface area contributed by atoms with Crippen LogP contribution in [0.25, 0.3) is 0 Å². The van der Waals surface area contributed by atoms with E-state index in [0.717, 1.165) is 0 Å². The molecule has 1 aliphatic carbocycles. The summed E-state index contributed by atoms with van der Waals surface area (Å²) in [5.74, 6) is 0. The lowest BCUT2D eigenvalue weighted by Gasteiger charge is -2.34. The predicted molar refractivity (Wildman–Crippen MR) is 65.2 cm³/mol. The molecular weight excluding hydrogens is 190 g/mol. The average molecular weight is 211 g/mol. The molecule has 0 amide bonds. The van der Waals surface area contributed by atoms with E-state index in [0.29, 0.717) is 9.62 Å².